The molecule has 0 saturated heterocycles. The van der Waals surface area contributed by atoms with Crippen molar-refractivity contribution in [1.82, 2.24) is 15.1 Å². The van der Waals surface area contributed by atoms with Gasteiger partial charge in [0.15, 0.2) is 5.69 Å². The minimum absolute atomic E-state index is 0.206. The van der Waals surface area contributed by atoms with E-state index in [1.807, 2.05) is 12.1 Å². The third-order valence-electron chi connectivity index (χ3n) is 3.55. The Hall–Kier alpha value is -1.72. The van der Waals surface area contributed by atoms with Crippen LogP contribution in [0.5, 0.6) is 5.75 Å². The third-order valence-corrected chi connectivity index (χ3v) is 4.33. The highest BCUT2D eigenvalue weighted by atomic mass is 35.5. The van der Waals surface area contributed by atoms with E-state index in [4.69, 9.17) is 27.9 Å². The monoisotopic (exact) mass is 325 g/mol. The number of aryl methyl sites for hydroxylation is 1. The van der Waals surface area contributed by atoms with Crippen LogP contribution in [-0.2, 0) is 7.05 Å². The van der Waals surface area contributed by atoms with Crippen LogP contribution in [0.25, 0.3) is 0 Å². The molecule has 0 bridgehead atoms. The van der Waals surface area contributed by atoms with E-state index in [2.05, 4.69) is 10.4 Å². The Kier molecular flexibility index (Phi) is 3.55. The molecule has 0 saturated carbocycles. The summed E-state index contributed by atoms with van der Waals surface area (Å²) < 4.78 is 7.10. The lowest BCUT2D eigenvalue weighted by Crippen LogP contribution is -2.30. The van der Waals surface area contributed by atoms with Crippen LogP contribution in [0.4, 0.5) is 0 Å². The Morgan fingerprint density at radius 3 is 2.90 bits per heavy atom. The van der Waals surface area contributed by atoms with E-state index in [0.717, 1.165) is 11.3 Å². The predicted molar refractivity (Wildman–Crippen MR) is 80.1 cm³/mol. The second-order valence-corrected chi connectivity index (χ2v) is 5.65. The lowest BCUT2D eigenvalue weighted by atomic mass is 10.1. The average molecular weight is 326 g/mol. The number of fused-ring (bicyclic) bond motifs is 1. The van der Waals surface area contributed by atoms with E-state index in [-0.39, 0.29) is 17.6 Å². The Bertz CT molecular complexity index is 727. The zero-order valence-electron chi connectivity index (χ0n) is 11.5. The molecule has 110 valence electrons. The number of amides is 1. The highest BCUT2D eigenvalue weighted by molar-refractivity contribution is 6.34. The van der Waals surface area contributed by atoms with Crippen LogP contribution in [0.2, 0.25) is 10.0 Å². The van der Waals surface area contributed by atoms with E-state index in [9.17, 15) is 4.79 Å². The Morgan fingerprint density at radius 1 is 1.48 bits per heavy atom. The van der Waals surface area contributed by atoms with Gasteiger partial charge in [-0.15, -0.1) is 0 Å². The maximum atomic E-state index is 12.3. The normalized spacial score (nSPS) is 16.5. The summed E-state index contributed by atoms with van der Waals surface area (Å²) >= 11 is 12.3. The topological polar surface area (TPSA) is 56.1 Å². The molecule has 0 aliphatic carbocycles. The summed E-state index contributed by atoms with van der Waals surface area (Å²) in [5.41, 5.74) is 1.73. The number of carbonyl (C=O) groups excluding carboxylic acids is 1. The standard InChI is InChI=1S/C14H13Cl2N3O2/c1-7-12(16)13(18-19(7)2)14(20)17-9-6-21-10-5-3-4-8(15)11(9)10/h3-5,9H,6H2,1-2H3,(H,17,20)/t9-/m1/s1. The van der Waals surface area contributed by atoms with Crippen LogP contribution < -0.4 is 10.1 Å². The number of aromatic nitrogens is 2. The van der Waals surface area contributed by atoms with Gasteiger partial charge in [0.25, 0.3) is 5.91 Å². The zero-order chi connectivity index (χ0) is 15.1. The van der Waals surface area contributed by atoms with Gasteiger partial charge < -0.3 is 10.1 Å². The van der Waals surface area contributed by atoms with Gasteiger partial charge in [-0.3, -0.25) is 9.48 Å². The molecule has 1 aromatic heterocycles. The third kappa shape index (κ3) is 2.36. The van der Waals surface area contributed by atoms with Gasteiger partial charge in [-0.25, -0.2) is 0 Å². The van der Waals surface area contributed by atoms with Gasteiger partial charge in [0.2, 0.25) is 0 Å². The molecule has 0 fully saturated rings. The summed E-state index contributed by atoms with van der Waals surface area (Å²) in [5, 5.41) is 7.92. The second-order valence-electron chi connectivity index (χ2n) is 4.86. The molecule has 21 heavy (non-hydrogen) atoms. The maximum absolute atomic E-state index is 12.3. The van der Waals surface area contributed by atoms with E-state index in [1.54, 1.807) is 24.7 Å². The molecule has 2 heterocycles. The molecule has 0 radical (unpaired) electrons. The van der Waals surface area contributed by atoms with Crippen molar-refractivity contribution >= 4 is 29.1 Å². The summed E-state index contributed by atoms with van der Waals surface area (Å²) in [5.74, 6) is 0.348. The first-order valence-electron chi connectivity index (χ1n) is 6.40. The molecule has 0 spiro atoms. The van der Waals surface area contributed by atoms with Crippen molar-refractivity contribution in [3.63, 3.8) is 0 Å². The van der Waals surface area contributed by atoms with Crippen LogP contribution in [0, 0.1) is 6.92 Å². The van der Waals surface area contributed by atoms with Gasteiger partial charge in [-0.05, 0) is 19.1 Å². The lowest BCUT2D eigenvalue weighted by molar-refractivity contribution is 0.0924. The first-order valence-corrected chi connectivity index (χ1v) is 7.15. The number of hydrogen-bond donors (Lipinski definition) is 1. The van der Waals surface area contributed by atoms with Gasteiger partial charge in [0, 0.05) is 17.6 Å². The first-order chi connectivity index (χ1) is 9.99. The first kappa shape index (κ1) is 14.2. The van der Waals surface area contributed by atoms with Crippen LogP contribution in [0.3, 0.4) is 0 Å². The Balaban J connectivity index is 1.86. The Morgan fingerprint density at radius 2 is 2.24 bits per heavy atom. The van der Waals surface area contributed by atoms with Gasteiger partial charge >= 0.3 is 0 Å². The number of nitrogens with one attached hydrogen (secondary N) is 1. The van der Waals surface area contributed by atoms with Crippen molar-refractivity contribution in [3.05, 3.63) is 45.2 Å². The van der Waals surface area contributed by atoms with Crippen molar-refractivity contribution in [2.45, 2.75) is 13.0 Å². The fraction of sp³-hybridized carbons (Fsp3) is 0.286. The number of hydrogen-bond acceptors (Lipinski definition) is 3. The number of halogens is 2. The van der Waals surface area contributed by atoms with Gasteiger partial charge in [0.1, 0.15) is 12.4 Å². The smallest absolute Gasteiger partial charge is 0.273 e. The molecule has 3 rings (SSSR count). The van der Waals surface area contributed by atoms with Crippen molar-refractivity contribution in [2.75, 3.05) is 6.61 Å². The molecule has 2 aromatic rings. The number of carbonyl (C=O) groups is 1. The van der Waals surface area contributed by atoms with Gasteiger partial charge in [0.05, 0.1) is 16.8 Å². The van der Waals surface area contributed by atoms with Crippen molar-refractivity contribution in [2.24, 2.45) is 7.05 Å². The summed E-state index contributed by atoms with van der Waals surface area (Å²) in [6.45, 7) is 2.14. The van der Waals surface area contributed by atoms with Gasteiger partial charge in [-0.2, -0.15) is 5.10 Å². The van der Waals surface area contributed by atoms with Crippen molar-refractivity contribution in [3.8, 4) is 5.75 Å². The SMILES string of the molecule is Cc1c(Cl)c(C(=O)N[C@@H]2COc3cccc(Cl)c32)nn1C. The number of benzene rings is 1. The quantitative estimate of drug-likeness (QED) is 0.923. The summed E-state index contributed by atoms with van der Waals surface area (Å²) in [7, 11) is 1.74. The van der Waals surface area contributed by atoms with Crippen LogP contribution >= 0.6 is 23.2 Å². The van der Waals surface area contributed by atoms with E-state index in [0.29, 0.717) is 22.4 Å². The Labute approximate surface area is 131 Å². The minimum Gasteiger partial charge on any atom is -0.491 e. The molecule has 5 nitrogen and oxygen atoms in total. The fourth-order valence-electron chi connectivity index (χ4n) is 2.31. The predicted octanol–water partition coefficient (Wildman–Crippen LogP) is 2.90. The van der Waals surface area contributed by atoms with Crippen LogP contribution in [-0.4, -0.2) is 22.3 Å². The molecule has 1 aromatic carbocycles. The average Bonchev–Trinajstić information content (AvgIpc) is 2.97. The molecular weight excluding hydrogens is 313 g/mol. The van der Waals surface area contributed by atoms with E-state index in [1.165, 1.54) is 0 Å². The highest BCUT2D eigenvalue weighted by Crippen LogP contribution is 2.37. The molecule has 1 aliphatic rings. The summed E-state index contributed by atoms with van der Waals surface area (Å²) in [6.07, 6.45) is 0. The van der Waals surface area contributed by atoms with Crippen molar-refractivity contribution < 1.29 is 9.53 Å². The molecular formula is C14H13Cl2N3O2. The summed E-state index contributed by atoms with van der Waals surface area (Å²) in [6, 6.07) is 5.10. The van der Waals surface area contributed by atoms with Gasteiger partial charge in [-0.1, -0.05) is 29.3 Å². The molecule has 1 N–H and O–H groups in total. The second kappa shape index (κ2) is 5.24. The fourth-order valence-corrected chi connectivity index (χ4v) is 2.85. The number of ether oxygens (including phenoxy) is 1. The molecule has 1 atom stereocenters. The van der Waals surface area contributed by atoms with E-state index < -0.39 is 0 Å². The largest absolute Gasteiger partial charge is 0.491 e. The molecule has 0 unspecified atom stereocenters. The number of rotatable bonds is 2. The number of nitrogens with zero attached hydrogens (tertiary/aromatic N) is 2. The molecule has 7 heteroatoms. The minimum atomic E-state index is -0.343. The lowest BCUT2D eigenvalue weighted by Gasteiger charge is -2.11. The molecule has 1 amide bonds. The maximum Gasteiger partial charge on any atom is 0.273 e. The van der Waals surface area contributed by atoms with Crippen LogP contribution in [0.15, 0.2) is 18.2 Å². The zero-order valence-corrected chi connectivity index (χ0v) is 13.0. The highest BCUT2D eigenvalue weighted by Gasteiger charge is 2.29. The van der Waals surface area contributed by atoms with Crippen molar-refractivity contribution in [1.29, 1.82) is 0 Å². The van der Waals surface area contributed by atoms with E-state index >= 15 is 0 Å². The summed E-state index contributed by atoms with van der Waals surface area (Å²) in [4.78, 5) is 12.3. The van der Waals surface area contributed by atoms with Crippen LogP contribution in [0.1, 0.15) is 27.8 Å². The molecule has 1 aliphatic heterocycles.